The van der Waals surface area contributed by atoms with E-state index in [0.717, 1.165) is 5.56 Å². The second-order valence-electron chi connectivity index (χ2n) is 7.25. The summed E-state index contributed by atoms with van der Waals surface area (Å²) in [4.78, 5) is 31.7. The molecule has 0 aliphatic carbocycles. The van der Waals surface area contributed by atoms with Gasteiger partial charge in [0.25, 0.3) is 11.7 Å². The first-order valence-electron chi connectivity index (χ1n) is 10.0. The second kappa shape index (κ2) is 8.44. The maximum Gasteiger partial charge on any atom is 0.300 e. The standard InChI is InChI=1S/C25H22N2O4/c1-3-31-20-9-7-18(8-10-20)23(28)21-22(17-11-13-26-14-12-17)27(25(30)24(21)29)19-6-4-5-16(2)15-19/h4-15,22,28H,3H2,1-2H3/b23-21+. The number of carbonyl (C=O) groups excluding carboxylic acids is 2. The van der Waals surface area contributed by atoms with Crippen molar-refractivity contribution in [1.29, 1.82) is 0 Å². The number of ketones is 1. The summed E-state index contributed by atoms with van der Waals surface area (Å²) < 4.78 is 5.45. The molecule has 1 fully saturated rings. The molecule has 2 heterocycles. The monoisotopic (exact) mass is 414 g/mol. The molecule has 156 valence electrons. The number of nitrogens with zero attached hydrogens (tertiary/aromatic N) is 2. The summed E-state index contributed by atoms with van der Waals surface area (Å²) in [6, 6.07) is 16.9. The number of anilines is 1. The molecule has 4 rings (SSSR count). The molecule has 2 aromatic carbocycles. The van der Waals surface area contributed by atoms with E-state index < -0.39 is 17.7 Å². The highest BCUT2D eigenvalue weighted by Gasteiger charge is 2.46. The highest BCUT2D eigenvalue weighted by molar-refractivity contribution is 6.51. The van der Waals surface area contributed by atoms with Crippen LogP contribution in [0, 0.1) is 6.92 Å². The van der Waals surface area contributed by atoms with Crippen molar-refractivity contribution in [3.8, 4) is 5.75 Å². The summed E-state index contributed by atoms with van der Waals surface area (Å²) in [6.07, 6.45) is 3.20. The third-order valence-electron chi connectivity index (χ3n) is 5.18. The minimum Gasteiger partial charge on any atom is -0.507 e. The smallest absolute Gasteiger partial charge is 0.300 e. The van der Waals surface area contributed by atoms with Gasteiger partial charge in [-0.25, -0.2) is 0 Å². The largest absolute Gasteiger partial charge is 0.507 e. The van der Waals surface area contributed by atoms with Crippen molar-refractivity contribution < 1.29 is 19.4 Å². The average Bonchev–Trinajstić information content (AvgIpc) is 3.05. The minimum atomic E-state index is -0.767. The van der Waals surface area contributed by atoms with E-state index in [0.29, 0.717) is 29.2 Å². The van der Waals surface area contributed by atoms with Crippen LogP contribution in [-0.4, -0.2) is 28.4 Å². The van der Waals surface area contributed by atoms with Crippen molar-refractivity contribution in [1.82, 2.24) is 4.98 Å². The number of aryl methyl sites for hydroxylation is 1. The number of aromatic nitrogens is 1. The number of ether oxygens (including phenoxy) is 1. The molecule has 0 spiro atoms. The normalized spacial score (nSPS) is 17.7. The highest BCUT2D eigenvalue weighted by atomic mass is 16.5. The van der Waals surface area contributed by atoms with Gasteiger partial charge in [0, 0.05) is 23.6 Å². The molecule has 0 radical (unpaired) electrons. The SMILES string of the molecule is CCOc1ccc(/C(O)=C2\C(=O)C(=O)N(c3cccc(C)c3)C2c2ccncc2)cc1. The first-order valence-corrected chi connectivity index (χ1v) is 10.0. The Kier molecular flexibility index (Phi) is 5.54. The Labute approximate surface area is 180 Å². The van der Waals surface area contributed by atoms with Gasteiger partial charge in [-0.3, -0.25) is 19.5 Å². The van der Waals surface area contributed by atoms with Gasteiger partial charge in [0.2, 0.25) is 0 Å². The molecule has 1 aliphatic heterocycles. The number of benzene rings is 2. The molecule has 3 aromatic rings. The molecule has 0 bridgehead atoms. The Morgan fingerprint density at radius 3 is 2.42 bits per heavy atom. The zero-order valence-electron chi connectivity index (χ0n) is 17.3. The fourth-order valence-electron chi connectivity index (χ4n) is 3.77. The number of aliphatic hydroxyl groups excluding tert-OH is 1. The summed E-state index contributed by atoms with van der Waals surface area (Å²) in [5.41, 5.74) is 2.71. The van der Waals surface area contributed by atoms with Crippen LogP contribution in [0.3, 0.4) is 0 Å². The van der Waals surface area contributed by atoms with Gasteiger partial charge >= 0.3 is 0 Å². The summed E-state index contributed by atoms with van der Waals surface area (Å²) in [6.45, 7) is 4.33. The number of amides is 1. The van der Waals surface area contributed by atoms with Crippen molar-refractivity contribution in [3.63, 3.8) is 0 Å². The van der Waals surface area contributed by atoms with E-state index in [1.807, 2.05) is 32.0 Å². The van der Waals surface area contributed by atoms with Crippen LogP contribution in [-0.2, 0) is 9.59 Å². The summed E-state index contributed by atoms with van der Waals surface area (Å²) in [5.74, 6) is -0.974. The van der Waals surface area contributed by atoms with Gasteiger partial charge in [0.1, 0.15) is 11.5 Å². The van der Waals surface area contributed by atoms with Gasteiger partial charge in [-0.05, 0) is 73.5 Å². The van der Waals surface area contributed by atoms with Crippen LogP contribution in [0.4, 0.5) is 5.69 Å². The number of rotatable bonds is 5. The van der Waals surface area contributed by atoms with Gasteiger partial charge in [0.05, 0.1) is 18.2 Å². The Hall–Kier alpha value is -3.93. The molecule has 1 unspecified atom stereocenters. The molecule has 31 heavy (non-hydrogen) atoms. The first-order chi connectivity index (χ1) is 15.0. The summed E-state index contributed by atoms with van der Waals surface area (Å²) in [5, 5.41) is 11.1. The molecule has 1 aliphatic rings. The van der Waals surface area contributed by atoms with Gasteiger partial charge in [-0.1, -0.05) is 12.1 Å². The Morgan fingerprint density at radius 1 is 1.06 bits per heavy atom. The van der Waals surface area contributed by atoms with Crippen molar-refractivity contribution in [3.05, 3.63) is 95.3 Å². The average molecular weight is 414 g/mol. The number of carbonyl (C=O) groups is 2. The number of hydrogen-bond acceptors (Lipinski definition) is 5. The molecule has 1 saturated heterocycles. The van der Waals surface area contributed by atoms with Crippen LogP contribution in [0.5, 0.6) is 5.75 Å². The van der Waals surface area contributed by atoms with E-state index in [1.54, 1.807) is 54.9 Å². The predicted octanol–water partition coefficient (Wildman–Crippen LogP) is 4.42. The van der Waals surface area contributed by atoms with E-state index in [9.17, 15) is 14.7 Å². The number of aliphatic hydroxyl groups is 1. The lowest BCUT2D eigenvalue weighted by Crippen LogP contribution is -2.29. The fraction of sp³-hybridized carbons (Fsp3) is 0.160. The summed E-state index contributed by atoms with van der Waals surface area (Å²) in [7, 11) is 0. The zero-order chi connectivity index (χ0) is 22.0. The zero-order valence-corrected chi connectivity index (χ0v) is 17.3. The van der Waals surface area contributed by atoms with Crippen LogP contribution >= 0.6 is 0 Å². The fourth-order valence-corrected chi connectivity index (χ4v) is 3.77. The minimum absolute atomic E-state index is 0.0434. The third kappa shape index (κ3) is 3.80. The highest BCUT2D eigenvalue weighted by Crippen LogP contribution is 2.42. The Bertz CT molecular complexity index is 1150. The van der Waals surface area contributed by atoms with E-state index in [-0.39, 0.29) is 11.3 Å². The van der Waals surface area contributed by atoms with E-state index in [1.165, 1.54) is 4.90 Å². The maximum atomic E-state index is 13.1. The molecular weight excluding hydrogens is 392 g/mol. The van der Waals surface area contributed by atoms with Crippen molar-refractivity contribution in [2.24, 2.45) is 0 Å². The van der Waals surface area contributed by atoms with E-state index in [4.69, 9.17) is 4.74 Å². The second-order valence-corrected chi connectivity index (χ2v) is 7.25. The van der Waals surface area contributed by atoms with E-state index >= 15 is 0 Å². The lowest BCUT2D eigenvalue weighted by atomic mass is 9.95. The van der Waals surface area contributed by atoms with Crippen LogP contribution in [0.1, 0.15) is 29.7 Å². The lowest BCUT2D eigenvalue weighted by Gasteiger charge is -2.25. The van der Waals surface area contributed by atoms with Crippen LogP contribution in [0.2, 0.25) is 0 Å². The Morgan fingerprint density at radius 2 is 1.77 bits per heavy atom. The summed E-state index contributed by atoms with van der Waals surface area (Å²) >= 11 is 0. The molecular formula is C25H22N2O4. The molecule has 0 saturated carbocycles. The Balaban J connectivity index is 1.88. The van der Waals surface area contributed by atoms with Crippen LogP contribution < -0.4 is 9.64 Å². The lowest BCUT2D eigenvalue weighted by molar-refractivity contribution is -0.132. The van der Waals surface area contributed by atoms with Crippen LogP contribution in [0.15, 0.2) is 78.6 Å². The molecule has 1 aromatic heterocycles. The molecule has 6 heteroatoms. The van der Waals surface area contributed by atoms with Gasteiger partial charge in [0.15, 0.2) is 0 Å². The molecule has 1 atom stereocenters. The third-order valence-corrected chi connectivity index (χ3v) is 5.18. The van der Waals surface area contributed by atoms with Gasteiger partial charge < -0.3 is 9.84 Å². The predicted molar refractivity (Wildman–Crippen MR) is 118 cm³/mol. The van der Waals surface area contributed by atoms with Gasteiger partial charge in [-0.15, -0.1) is 0 Å². The molecule has 1 amide bonds. The quantitative estimate of drug-likeness (QED) is 0.380. The first kappa shape index (κ1) is 20.3. The maximum absolute atomic E-state index is 13.1. The van der Waals surface area contributed by atoms with Gasteiger partial charge in [-0.2, -0.15) is 0 Å². The number of Topliss-reactive ketones (excluding diaryl/α,β-unsaturated/α-hetero) is 1. The van der Waals surface area contributed by atoms with Crippen molar-refractivity contribution >= 4 is 23.1 Å². The van der Waals surface area contributed by atoms with E-state index in [2.05, 4.69) is 4.98 Å². The topological polar surface area (TPSA) is 79.7 Å². The molecule has 1 N–H and O–H groups in total. The van der Waals surface area contributed by atoms with Crippen molar-refractivity contribution in [2.75, 3.05) is 11.5 Å². The number of hydrogen-bond donors (Lipinski definition) is 1. The number of pyridine rings is 1. The van der Waals surface area contributed by atoms with Crippen molar-refractivity contribution in [2.45, 2.75) is 19.9 Å². The van der Waals surface area contributed by atoms with Crippen LogP contribution in [0.25, 0.3) is 5.76 Å². The molecule has 6 nitrogen and oxygen atoms in total.